The first kappa shape index (κ1) is 14.1. The summed E-state index contributed by atoms with van der Waals surface area (Å²) in [6, 6.07) is 11.3. The van der Waals surface area contributed by atoms with Crippen molar-refractivity contribution in [2.24, 2.45) is 0 Å². The van der Waals surface area contributed by atoms with Crippen molar-refractivity contribution in [3.63, 3.8) is 0 Å². The van der Waals surface area contributed by atoms with Crippen LogP contribution >= 0.6 is 11.3 Å². The Morgan fingerprint density at radius 2 is 2.05 bits per heavy atom. The summed E-state index contributed by atoms with van der Waals surface area (Å²) in [6.07, 6.45) is 0. The van der Waals surface area contributed by atoms with Gasteiger partial charge in [-0.25, -0.2) is 0 Å². The Kier molecular flexibility index (Phi) is 4.38. The first-order valence-electron chi connectivity index (χ1n) is 6.26. The molecular weight excluding hydrogens is 270 g/mol. The van der Waals surface area contributed by atoms with Crippen LogP contribution in [-0.2, 0) is 0 Å². The molecule has 2 N–H and O–H groups in total. The molecule has 0 aliphatic carbocycles. The summed E-state index contributed by atoms with van der Waals surface area (Å²) in [5, 5.41) is 17.4. The van der Waals surface area contributed by atoms with Crippen LogP contribution in [0.25, 0.3) is 0 Å². The van der Waals surface area contributed by atoms with Crippen molar-refractivity contribution < 1.29 is 4.79 Å². The summed E-state index contributed by atoms with van der Waals surface area (Å²) < 4.78 is 0. The predicted octanol–water partition coefficient (Wildman–Crippen LogP) is 3.69. The van der Waals surface area contributed by atoms with Gasteiger partial charge in [0.15, 0.2) is 0 Å². The minimum Gasteiger partial charge on any atom is -0.382 e. The van der Waals surface area contributed by atoms with E-state index in [-0.39, 0.29) is 11.9 Å². The van der Waals surface area contributed by atoms with Gasteiger partial charge in [-0.1, -0.05) is 12.1 Å². The van der Waals surface area contributed by atoms with Crippen LogP contribution in [0.15, 0.2) is 35.7 Å². The number of hydrogen-bond donors (Lipinski definition) is 2. The van der Waals surface area contributed by atoms with Gasteiger partial charge in [-0.15, -0.1) is 11.3 Å². The van der Waals surface area contributed by atoms with Crippen LogP contribution in [0.4, 0.5) is 10.7 Å². The fourth-order valence-electron chi connectivity index (χ4n) is 1.78. The molecule has 4 nitrogen and oxygen atoms in total. The number of rotatable bonds is 4. The molecule has 2 rings (SSSR count). The molecule has 20 heavy (non-hydrogen) atoms. The zero-order chi connectivity index (χ0) is 14.5. The van der Waals surface area contributed by atoms with E-state index in [1.165, 1.54) is 11.3 Å². The normalized spacial score (nSPS) is 10.1. The second-order valence-electron chi connectivity index (χ2n) is 4.57. The third-order valence-electron chi connectivity index (χ3n) is 2.63. The van der Waals surface area contributed by atoms with Crippen LogP contribution in [0, 0.1) is 11.3 Å². The van der Waals surface area contributed by atoms with E-state index in [9.17, 15) is 4.79 Å². The number of nitrogens with one attached hydrogen (secondary N) is 2. The molecular formula is C15H15N3OS. The lowest BCUT2D eigenvalue weighted by molar-refractivity contribution is 0.102. The van der Waals surface area contributed by atoms with Crippen molar-refractivity contribution in [3.8, 4) is 6.07 Å². The van der Waals surface area contributed by atoms with Crippen molar-refractivity contribution in [1.82, 2.24) is 0 Å². The number of hydrogen-bond acceptors (Lipinski definition) is 4. The van der Waals surface area contributed by atoms with Crippen LogP contribution in [0.1, 0.15) is 29.8 Å². The first-order chi connectivity index (χ1) is 9.61. The van der Waals surface area contributed by atoms with Crippen molar-refractivity contribution in [2.45, 2.75) is 19.9 Å². The molecule has 0 bridgehead atoms. The van der Waals surface area contributed by atoms with Crippen LogP contribution in [0.5, 0.6) is 0 Å². The molecule has 0 unspecified atom stereocenters. The predicted molar refractivity (Wildman–Crippen MR) is 82.2 cm³/mol. The topological polar surface area (TPSA) is 64.9 Å². The maximum Gasteiger partial charge on any atom is 0.258 e. The van der Waals surface area contributed by atoms with E-state index in [0.717, 1.165) is 5.69 Å². The lowest BCUT2D eigenvalue weighted by Crippen LogP contribution is -2.17. The number of nitriles is 1. The van der Waals surface area contributed by atoms with Crippen LogP contribution < -0.4 is 10.6 Å². The van der Waals surface area contributed by atoms with Gasteiger partial charge in [-0.2, -0.15) is 5.26 Å². The van der Waals surface area contributed by atoms with Gasteiger partial charge >= 0.3 is 0 Å². The number of carbonyl (C=O) groups excluding carboxylic acids is 1. The van der Waals surface area contributed by atoms with Gasteiger partial charge in [0.05, 0.1) is 11.1 Å². The molecule has 5 heteroatoms. The maximum absolute atomic E-state index is 12.3. The lowest BCUT2D eigenvalue weighted by Gasteiger charge is -2.14. The third-order valence-corrected chi connectivity index (χ3v) is 3.46. The second-order valence-corrected chi connectivity index (χ2v) is 5.49. The summed E-state index contributed by atoms with van der Waals surface area (Å²) in [7, 11) is 0. The standard InChI is InChI=1S/C15H15N3OS/c1-10(2)17-13-6-4-3-5-12(13)14(19)18-15-11(9-16)7-8-20-15/h3-8,10,17H,1-2H3,(H,18,19). The van der Waals surface area contributed by atoms with E-state index in [2.05, 4.69) is 16.7 Å². The van der Waals surface area contributed by atoms with Crippen molar-refractivity contribution >= 4 is 27.9 Å². The van der Waals surface area contributed by atoms with Gasteiger partial charge in [0, 0.05) is 11.7 Å². The molecule has 1 heterocycles. The second kappa shape index (κ2) is 6.22. The molecule has 1 aromatic heterocycles. The highest BCUT2D eigenvalue weighted by molar-refractivity contribution is 7.14. The van der Waals surface area contributed by atoms with E-state index in [1.807, 2.05) is 32.0 Å². The molecule has 0 saturated carbocycles. The highest BCUT2D eigenvalue weighted by Gasteiger charge is 2.14. The summed E-state index contributed by atoms with van der Waals surface area (Å²) in [5.41, 5.74) is 1.84. The zero-order valence-electron chi connectivity index (χ0n) is 11.3. The Morgan fingerprint density at radius 1 is 1.30 bits per heavy atom. The fourth-order valence-corrected chi connectivity index (χ4v) is 2.52. The molecule has 0 atom stereocenters. The lowest BCUT2D eigenvalue weighted by atomic mass is 10.1. The maximum atomic E-state index is 12.3. The molecule has 0 saturated heterocycles. The molecule has 1 amide bonds. The molecule has 0 radical (unpaired) electrons. The number of carbonyl (C=O) groups is 1. The molecule has 102 valence electrons. The van der Waals surface area contributed by atoms with Crippen LogP contribution in [-0.4, -0.2) is 11.9 Å². The summed E-state index contributed by atoms with van der Waals surface area (Å²) in [6.45, 7) is 4.03. The van der Waals surface area contributed by atoms with Gasteiger partial charge in [0.1, 0.15) is 11.1 Å². The fraction of sp³-hybridized carbons (Fsp3) is 0.200. The summed E-state index contributed by atoms with van der Waals surface area (Å²) >= 11 is 1.34. The third kappa shape index (κ3) is 3.16. The molecule has 2 aromatic rings. The van der Waals surface area contributed by atoms with Gasteiger partial charge in [-0.3, -0.25) is 4.79 Å². The minimum absolute atomic E-state index is 0.215. The van der Waals surface area contributed by atoms with E-state index in [4.69, 9.17) is 5.26 Å². The molecule has 1 aromatic carbocycles. The molecule has 0 fully saturated rings. The van der Waals surface area contributed by atoms with E-state index < -0.39 is 0 Å². The highest BCUT2D eigenvalue weighted by Crippen LogP contribution is 2.24. The van der Waals surface area contributed by atoms with Crippen LogP contribution in [0.3, 0.4) is 0 Å². The summed E-state index contributed by atoms with van der Waals surface area (Å²) in [5.74, 6) is -0.215. The van der Waals surface area contributed by atoms with E-state index >= 15 is 0 Å². The number of thiophene rings is 1. The molecule has 0 spiro atoms. The summed E-state index contributed by atoms with van der Waals surface area (Å²) in [4.78, 5) is 12.3. The van der Waals surface area contributed by atoms with Crippen molar-refractivity contribution in [2.75, 3.05) is 10.6 Å². The highest BCUT2D eigenvalue weighted by atomic mass is 32.1. The average molecular weight is 285 g/mol. The van der Waals surface area contributed by atoms with Gasteiger partial charge in [0.2, 0.25) is 0 Å². The van der Waals surface area contributed by atoms with Crippen molar-refractivity contribution in [1.29, 1.82) is 5.26 Å². The Balaban J connectivity index is 2.24. The quantitative estimate of drug-likeness (QED) is 0.900. The van der Waals surface area contributed by atoms with E-state index in [0.29, 0.717) is 16.1 Å². The number of anilines is 2. The van der Waals surface area contributed by atoms with Gasteiger partial charge < -0.3 is 10.6 Å². The number of nitrogens with zero attached hydrogens (tertiary/aromatic N) is 1. The zero-order valence-corrected chi connectivity index (χ0v) is 12.1. The molecule has 0 aliphatic rings. The Labute approximate surface area is 122 Å². The van der Waals surface area contributed by atoms with Crippen molar-refractivity contribution in [3.05, 3.63) is 46.8 Å². The average Bonchev–Trinajstić information content (AvgIpc) is 2.85. The Hall–Kier alpha value is -2.32. The number of benzene rings is 1. The SMILES string of the molecule is CC(C)Nc1ccccc1C(=O)Nc1sccc1C#N. The number of amides is 1. The monoisotopic (exact) mass is 285 g/mol. The van der Waals surface area contributed by atoms with E-state index in [1.54, 1.807) is 17.5 Å². The largest absolute Gasteiger partial charge is 0.382 e. The first-order valence-corrected chi connectivity index (χ1v) is 7.14. The Morgan fingerprint density at radius 3 is 2.75 bits per heavy atom. The molecule has 0 aliphatic heterocycles. The Bertz CT molecular complexity index is 655. The smallest absolute Gasteiger partial charge is 0.258 e. The van der Waals surface area contributed by atoms with Gasteiger partial charge in [0.25, 0.3) is 5.91 Å². The number of para-hydroxylation sites is 1. The van der Waals surface area contributed by atoms with Crippen LogP contribution in [0.2, 0.25) is 0 Å². The van der Waals surface area contributed by atoms with Gasteiger partial charge in [-0.05, 0) is 37.4 Å². The minimum atomic E-state index is -0.215.